The summed E-state index contributed by atoms with van der Waals surface area (Å²) < 4.78 is 5.19. The highest BCUT2D eigenvalue weighted by molar-refractivity contribution is 4.84. The summed E-state index contributed by atoms with van der Waals surface area (Å²) in [6.45, 7) is 17.6. The summed E-state index contributed by atoms with van der Waals surface area (Å²) in [4.78, 5) is 2.50. The summed E-state index contributed by atoms with van der Waals surface area (Å²) in [6.07, 6.45) is 0. The molecule has 0 heterocycles. The van der Waals surface area contributed by atoms with Gasteiger partial charge in [0.1, 0.15) is 0 Å². The average Bonchev–Trinajstić information content (AvgIpc) is 2.24. The molecule has 0 aliphatic heterocycles. The first kappa shape index (κ1) is 16.9. The minimum absolute atomic E-state index is 0.272. The fourth-order valence-electron chi connectivity index (χ4n) is 1.97. The third kappa shape index (κ3) is 6.39. The molecule has 0 fully saturated rings. The van der Waals surface area contributed by atoms with Crippen molar-refractivity contribution in [2.75, 3.05) is 33.4 Å². The summed E-state index contributed by atoms with van der Waals surface area (Å²) in [6, 6.07) is 1.09. The number of methoxy groups -OCH3 is 1. The molecule has 0 aliphatic carbocycles. The van der Waals surface area contributed by atoms with Crippen LogP contribution in [0.5, 0.6) is 0 Å². The first-order valence-corrected chi connectivity index (χ1v) is 6.81. The zero-order valence-corrected chi connectivity index (χ0v) is 12.8. The molecule has 0 aromatic carbocycles. The van der Waals surface area contributed by atoms with Gasteiger partial charge in [-0.2, -0.15) is 0 Å². The van der Waals surface area contributed by atoms with E-state index in [0.29, 0.717) is 12.1 Å². The molecule has 0 aliphatic rings. The van der Waals surface area contributed by atoms with Gasteiger partial charge in [0, 0.05) is 32.3 Å². The molecule has 0 bridgehead atoms. The van der Waals surface area contributed by atoms with Crippen LogP contribution in [0.2, 0.25) is 0 Å². The average molecular weight is 244 g/mol. The summed E-state index contributed by atoms with van der Waals surface area (Å²) in [5.74, 6) is 0. The minimum Gasteiger partial charge on any atom is -0.383 e. The number of rotatable bonds is 9. The van der Waals surface area contributed by atoms with E-state index in [1.807, 2.05) is 0 Å². The van der Waals surface area contributed by atoms with E-state index >= 15 is 0 Å². The van der Waals surface area contributed by atoms with Crippen molar-refractivity contribution in [3.8, 4) is 0 Å². The van der Waals surface area contributed by atoms with E-state index < -0.39 is 0 Å². The molecule has 104 valence electrons. The van der Waals surface area contributed by atoms with Gasteiger partial charge in [0.05, 0.1) is 6.61 Å². The smallest absolute Gasteiger partial charge is 0.0589 e. The van der Waals surface area contributed by atoms with Crippen molar-refractivity contribution in [2.24, 2.45) is 5.41 Å². The Morgan fingerprint density at radius 3 is 2.24 bits per heavy atom. The van der Waals surface area contributed by atoms with Gasteiger partial charge in [-0.1, -0.05) is 20.8 Å². The third-order valence-corrected chi connectivity index (χ3v) is 3.61. The molecule has 0 saturated heterocycles. The van der Waals surface area contributed by atoms with E-state index in [1.54, 1.807) is 7.11 Å². The zero-order chi connectivity index (χ0) is 13.5. The number of ether oxygens (including phenoxy) is 1. The summed E-state index contributed by atoms with van der Waals surface area (Å²) in [5.41, 5.74) is 0.272. The van der Waals surface area contributed by atoms with Gasteiger partial charge in [-0.15, -0.1) is 0 Å². The fourth-order valence-corrected chi connectivity index (χ4v) is 1.97. The lowest BCUT2D eigenvalue weighted by atomic mass is 9.84. The Kier molecular flexibility index (Phi) is 8.01. The van der Waals surface area contributed by atoms with Crippen LogP contribution in [0.15, 0.2) is 0 Å². The molecule has 1 atom stereocenters. The molecule has 0 aromatic rings. The molecule has 3 nitrogen and oxygen atoms in total. The van der Waals surface area contributed by atoms with Crippen LogP contribution < -0.4 is 5.32 Å². The molecule has 0 aromatic heterocycles. The van der Waals surface area contributed by atoms with E-state index in [4.69, 9.17) is 4.74 Å². The Bertz CT molecular complexity index is 193. The number of nitrogens with zero attached hydrogens (tertiary/aromatic N) is 1. The van der Waals surface area contributed by atoms with E-state index in [9.17, 15) is 0 Å². The molecule has 3 heteroatoms. The monoisotopic (exact) mass is 244 g/mol. The summed E-state index contributed by atoms with van der Waals surface area (Å²) in [5, 5.41) is 3.53. The van der Waals surface area contributed by atoms with E-state index in [2.05, 4.69) is 51.8 Å². The van der Waals surface area contributed by atoms with Crippen LogP contribution in [0.4, 0.5) is 0 Å². The lowest BCUT2D eigenvalue weighted by Crippen LogP contribution is -2.49. The molecule has 0 radical (unpaired) electrons. The SMILES string of the molecule is CCNC(C)C(C)(C)CN(CCOC)C(C)C. The lowest BCUT2D eigenvalue weighted by Gasteiger charge is -2.39. The van der Waals surface area contributed by atoms with E-state index in [-0.39, 0.29) is 5.41 Å². The highest BCUT2D eigenvalue weighted by atomic mass is 16.5. The maximum Gasteiger partial charge on any atom is 0.0589 e. The summed E-state index contributed by atoms with van der Waals surface area (Å²) >= 11 is 0. The van der Waals surface area contributed by atoms with Crippen molar-refractivity contribution >= 4 is 0 Å². The second-order valence-corrected chi connectivity index (χ2v) is 5.82. The van der Waals surface area contributed by atoms with Gasteiger partial charge in [-0.3, -0.25) is 4.90 Å². The van der Waals surface area contributed by atoms with Crippen molar-refractivity contribution in [1.29, 1.82) is 0 Å². The maximum atomic E-state index is 5.19. The van der Waals surface area contributed by atoms with Crippen LogP contribution >= 0.6 is 0 Å². The molecule has 1 N–H and O–H groups in total. The molecular weight excluding hydrogens is 212 g/mol. The van der Waals surface area contributed by atoms with Crippen LogP contribution in [-0.4, -0.2) is 50.3 Å². The predicted molar refractivity (Wildman–Crippen MR) is 75.5 cm³/mol. The first-order chi connectivity index (χ1) is 7.85. The number of hydrogen-bond donors (Lipinski definition) is 1. The first-order valence-electron chi connectivity index (χ1n) is 6.81. The molecule has 1 unspecified atom stereocenters. The lowest BCUT2D eigenvalue weighted by molar-refractivity contribution is 0.0831. The van der Waals surface area contributed by atoms with Crippen LogP contribution in [0.1, 0.15) is 41.5 Å². The fraction of sp³-hybridized carbons (Fsp3) is 1.00. The molecular formula is C14H32N2O. The standard InChI is InChI=1S/C14H32N2O/c1-8-15-13(4)14(5,6)11-16(12(2)3)9-10-17-7/h12-13,15H,8-11H2,1-7H3. The van der Waals surface area contributed by atoms with E-state index in [0.717, 1.165) is 26.2 Å². The second kappa shape index (κ2) is 8.06. The third-order valence-electron chi connectivity index (χ3n) is 3.61. The summed E-state index contributed by atoms with van der Waals surface area (Å²) in [7, 11) is 1.77. The Morgan fingerprint density at radius 2 is 1.82 bits per heavy atom. The topological polar surface area (TPSA) is 24.5 Å². The molecule has 0 spiro atoms. The normalized spacial score (nSPS) is 14.6. The quantitative estimate of drug-likeness (QED) is 0.674. The predicted octanol–water partition coefficient (Wildman–Crippen LogP) is 2.37. The number of hydrogen-bond acceptors (Lipinski definition) is 3. The Labute approximate surface area is 108 Å². The highest BCUT2D eigenvalue weighted by Crippen LogP contribution is 2.23. The largest absolute Gasteiger partial charge is 0.383 e. The van der Waals surface area contributed by atoms with Crippen molar-refractivity contribution in [3.05, 3.63) is 0 Å². The van der Waals surface area contributed by atoms with Crippen LogP contribution in [0, 0.1) is 5.41 Å². The van der Waals surface area contributed by atoms with Gasteiger partial charge >= 0.3 is 0 Å². The van der Waals surface area contributed by atoms with Gasteiger partial charge in [0.25, 0.3) is 0 Å². The number of nitrogens with one attached hydrogen (secondary N) is 1. The Balaban J connectivity index is 4.39. The highest BCUT2D eigenvalue weighted by Gasteiger charge is 2.28. The maximum absolute atomic E-state index is 5.19. The molecule has 0 amide bonds. The molecule has 17 heavy (non-hydrogen) atoms. The van der Waals surface area contributed by atoms with E-state index in [1.165, 1.54) is 0 Å². The van der Waals surface area contributed by atoms with Gasteiger partial charge in [0.15, 0.2) is 0 Å². The molecule has 0 rings (SSSR count). The Hall–Kier alpha value is -0.120. The molecule has 0 saturated carbocycles. The Morgan fingerprint density at radius 1 is 1.24 bits per heavy atom. The van der Waals surface area contributed by atoms with Crippen molar-refractivity contribution < 1.29 is 4.74 Å². The zero-order valence-electron chi connectivity index (χ0n) is 12.8. The van der Waals surface area contributed by atoms with Gasteiger partial charge in [-0.25, -0.2) is 0 Å². The van der Waals surface area contributed by atoms with Gasteiger partial charge in [0.2, 0.25) is 0 Å². The van der Waals surface area contributed by atoms with Crippen LogP contribution in [0.3, 0.4) is 0 Å². The second-order valence-electron chi connectivity index (χ2n) is 5.82. The van der Waals surface area contributed by atoms with Crippen molar-refractivity contribution in [1.82, 2.24) is 10.2 Å². The van der Waals surface area contributed by atoms with Crippen molar-refractivity contribution in [3.63, 3.8) is 0 Å². The minimum atomic E-state index is 0.272. The van der Waals surface area contributed by atoms with Crippen LogP contribution in [0.25, 0.3) is 0 Å². The van der Waals surface area contributed by atoms with Gasteiger partial charge < -0.3 is 10.1 Å². The van der Waals surface area contributed by atoms with Crippen LogP contribution in [-0.2, 0) is 4.74 Å². The van der Waals surface area contributed by atoms with Gasteiger partial charge in [-0.05, 0) is 32.7 Å². The van der Waals surface area contributed by atoms with Crippen molar-refractivity contribution in [2.45, 2.75) is 53.6 Å².